The van der Waals surface area contributed by atoms with Crippen LogP contribution in [0.2, 0.25) is 0 Å². The van der Waals surface area contributed by atoms with Gasteiger partial charge in [0.25, 0.3) is 0 Å². The van der Waals surface area contributed by atoms with Crippen LogP contribution in [0.1, 0.15) is 12.0 Å². The van der Waals surface area contributed by atoms with E-state index in [1.165, 1.54) is 11.6 Å². The standard InChI is InChI=1S/C16H21NO3S/c1-17-12-15-14-7-4-3-6-13(14)8-9-16(15)20-10-5-11-21(2,18)19/h3-4,6-9,17H,5,10-12H2,1-2H3. The van der Waals surface area contributed by atoms with Crippen molar-refractivity contribution in [3.8, 4) is 5.75 Å². The summed E-state index contributed by atoms with van der Waals surface area (Å²) < 4.78 is 28.0. The van der Waals surface area contributed by atoms with Crippen molar-refractivity contribution in [2.24, 2.45) is 0 Å². The molecule has 0 heterocycles. The van der Waals surface area contributed by atoms with Crippen LogP contribution in [-0.2, 0) is 16.4 Å². The van der Waals surface area contributed by atoms with E-state index in [0.717, 1.165) is 16.7 Å². The van der Waals surface area contributed by atoms with Gasteiger partial charge in [0.1, 0.15) is 15.6 Å². The van der Waals surface area contributed by atoms with Gasteiger partial charge in [0, 0.05) is 18.4 Å². The van der Waals surface area contributed by atoms with E-state index in [1.807, 2.05) is 31.3 Å². The van der Waals surface area contributed by atoms with Gasteiger partial charge in [-0.25, -0.2) is 8.42 Å². The molecule has 0 saturated heterocycles. The smallest absolute Gasteiger partial charge is 0.147 e. The van der Waals surface area contributed by atoms with Crippen LogP contribution in [-0.4, -0.2) is 34.1 Å². The molecule has 0 aliphatic rings. The first-order valence-corrected chi connectivity index (χ1v) is 9.03. The number of benzene rings is 2. The lowest BCUT2D eigenvalue weighted by molar-refractivity contribution is 0.314. The summed E-state index contributed by atoms with van der Waals surface area (Å²) in [5, 5.41) is 5.49. The Morgan fingerprint density at radius 2 is 1.90 bits per heavy atom. The topological polar surface area (TPSA) is 55.4 Å². The fraction of sp³-hybridized carbons (Fsp3) is 0.375. The molecule has 0 spiro atoms. The van der Waals surface area contributed by atoms with Crippen molar-refractivity contribution in [1.82, 2.24) is 5.32 Å². The lowest BCUT2D eigenvalue weighted by atomic mass is 10.0. The Balaban J connectivity index is 2.17. The van der Waals surface area contributed by atoms with Gasteiger partial charge < -0.3 is 10.1 Å². The molecule has 0 radical (unpaired) electrons. The minimum atomic E-state index is -2.93. The Morgan fingerprint density at radius 3 is 2.62 bits per heavy atom. The molecule has 0 atom stereocenters. The van der Waals surface area contributed by atoms with Crippen molar-refractivity contribution in [1.29, 1.82) is 0 Å². The van der Waals surface area contributed by atoms with Crippen molar-refractivity contribution < 1.29 is 13.2 Å². The summed E-state index contributed by atoms with van der Waals surface area (Å²) in [7, 11) is -1.03. The zero-order valence-electron chi connectivity index (χ0n) is 12.4. The predicted molar refractivity (Wildman–Crippen MR) is 86.5 cm³/mol. The fourth-order valence-corrected chi connectivity index (χ4v) is 2.96. The summed E-state index contributed by atoms with van der Waals surface area (Å²) in [5.41, 5.74) is 1.11. The summed E-state index contributed by atoms with van der Waals surface area (Å²) in [6, 6.07) is 12.1. The summed E-state index contributed by atoms with van der Waals surface area (Å²) in [6.07, 6.45) is 1.75. The summed E-state index contributed by atoms with van der Waals surface area (Å²) >= 11 is 0. The maximum absolute atomic E-state index is 11.1. The second kappa shape index (κ2) is 6.91. The van der Waals surface area contributed by atoms with E-state index in [0.29, 0.717) is 19.6 Å². The van der Waals surface area contributed by atoms with Crippen LogP contribution in [0.3, 0.4) is 0 Å². The largest absolute Gasteiger partial charge is 0.493 e. The molecule has 2 aromatic rings. The maximum atomic E-state index is 11.1. The molecule has 2 rings (SSSR count). The zero-order valence-corrected chi connectivity index (χ0v) is 13.2. The monoisotopic (exact) mass is 307 g/mol. The Hall–Kier alpha value is -1.59. The van der Waals surface area contributed by atoms with Crippen molar-refractivity contribution in [2.75, 3.05) is 25.7 Å². The first kappa shape index (κ1) is 15.8. The molecule has 114 valence electrons. The SMILES string of the molecule is CNCc1c(OCCCS(C)(=O)=O)ccc2ccccc12. The highest BCUT2D eigenvalue weighted by molar-refractivity contribution is 7.90. The van der Waals surface area contributed by atoms with E-state index in [1.54, 1.807) is 0 Å². The zero-order chi connectivity index (χ0) is 15.3. The Bertz CT molecular complexity index is 711. The Morgan fingerprint density at radius 1 is 1.14 bits per heavy atom. The first-order valence-electron chi connectivity index (χ1n) is 6.97. The van der Waals surface area contributed by atoms with Crippen molar-refractivity contribution in [3.05, 3.63) is 42.0 Å². The van der Waals surface area contributed by atoms with Gasteiger partial charge in [-0.15, -0.1) is 0 Å². The number of rotatable bonds is 7. The minimum absolute atomic E-state index is 0.155. The molecule has 0 bridgehead atoms. The van der Waals surface area contributed by atoms with Gasteiger partial charge in [-0.3, -0.25) is 0 Å². The van der Waals surface area contributed by atoms with Crippen LogP contribution < -0.4 is 10.1 Å². The van der Waals surface area contributed by atoms with Gasteiger partial charge in [0.15, 0.2) is 0 Å². The molecule has 0 saturated carbocycles. The maximum Gasteiger partial charge on any atom is 0.147 e. The molecular formula is C16H21NO3S. The molecule has 0 unspecified atom stereocenters. The van der Waals surface area contributed by atoms with E-state index in [9.17, 15) is 8.42 Å². The fourth-order valence-electron chi connectivity index (χ4n) is 2.31. The van der Waals surface area contributed by atoms with Crippen LogP contribution in [0, 0.1) is 0 Å². The molecule has 2 aromatic carbocycles. The van der Waals surface area contributed by atoms with Crippen molar-refractivity contribution in [3.63, 3.8) is 0 Å². The molecule has 21 heavy (non-hydrogen) atoms. The number of hydrogen-bond donors (Lipinski definition) is 1. The highest BCUT2D eigenvalue weighted by Gasteiger charge is 2.09. The second-order valence-electron chi connectivity index (χ2n) is 5.13. The van der Waals surface area contributed by atoms with E-state index in [-0.39, 0.29) is 5.75 Å². The van der Waals surface area contributed by atoms with Crippen LogP contribution >= 0.6 is 0 Å². The predicted octanol–water partition coefficient (Wildman–Crippen LogP) is 2.37. The number of fused-ring (bicyclic) bond motifs is 1. The van der Waals surface area contributed by atoms with Gasteiger partial charge >= 0.3 is 0 Å². The van der Waals surface area contributed by atoms with Gasteiger partial charge in [-0.2, -0.15) is 0 Å². The van der Waals surface area contributed by atoms with E-state index in [4.69, 9.17) is 4.74 Å². The molecule has 0 fully saturated rings. The molecule has 0 aliphatic heterocycles. The van der Waals surface area contributed by atoms with Crippen LogP contribution in [0.4, 0.5) is 0 Å². The third-order valence-electron chi connectivity index (χ3n) is 3.27. The van der Waals surface area contributed by atoms with Gasteiger partial charge in [-0.05, 0) is 30.3 Å². The number of ether oxygens (including phenoxy) is 1. The average Bonchev–Trinajstić information content (AvgIpc) is 2.44. The quantitative estimate of drug-likeness (QED) is 0.798. The van der Waals surface area contributed by atoms with Crippen LogP contribution in [0.15, 0.2) is 36.4 Å². The van der Waals surface area contributed by atoms with E-state index >= 15 is 0 Å². The van der Waals surface area contributed by atoms with Crippen LogP contribution in [0.25, 0.3) is 10.8 Å². The number of hydrogen-bond acceptors (Lipinski definition) is 4. The van der Waals surface area contributed by atoms with Crippen molar-refractivity contribution in [2.45, 2.75) is 13.0 Å². The molecule has 0 aliphatic carbocycles. The molecule has 4 nitrogen and oxygen atoms in total. The molecular weight excluding hydrogens is 286 g/mol. The molecule has 0 amide bonds. The molecule has 0 aromatic heterocycles. The number of nitrogens with one attached hydrogen (secondary N) is 1. The van der Waals surface area contributed by atoms with Gasteiger partial charge in [0.2, 0.25) is 0 Å². The van der Waals surface area contributed by atoms with E-state index < -0.39 is 9.84 Å². The Kier molecular flexibility index (Phi) is 5.20. The first-order chi connectivity index (χ1) is 10.0. The molecule has 1 N–H and O–H groups in total. The summed E-state index contributed by atoms with van der Waals surface area (Å²) in [6.45, 7) is 1.12. The second-order valence-corrected chi connectivity index (χ2v) is 7.39. The normalized spacial score (nSPS) is 11.7. The van der Waals surface area contributed by atoms with Gasteiger partial charge in [-0.1, -0.05) is 30.3 Å². The average molecular weight is 307 g/mol. The lowest BCUT2D eigenvalue weighted by Crippen LogP contribution is -2.11. The lowest BCUT2D eigenvalue weighted by Gasteiger charge is -2.14. The number of sulfone groups is 1. The van der Waals surface area contributed by atoms with E-state index in [2.05, 4.69) is 17.4 Å². The van der Waals surface area contributed by atoms with Crippen molar-refractivity contribution >= 4 is 20.6 Å². The summed E-state index contributed by atoms with van der Waals surface area (Å²) in [5.74, 6) is 0.971. The third-order valence-corrected chi connectivity index (χ3v) is 4.30. The van der Waals surface area contributed by atoms with Gasteiger partial charge in [0.05, 0.1) is 12.4 Å². The Labute approximate surface area is 126 Å². The highest BCUT2D eigenvalue weighted by atomic mass is 32.2. The third kappa shape index (κ3) is 4.44. The summed E-state index contributed by atoms with van der Waals surface area (Å²) in [4.78, 5) is 0. The van der Waals surface area contributed by atoms with Crippen LogP contribution in [0.5, 0.6) is 5.75 Å². The highest BCUT2D eigenvalue weighted by Crippen LogP contribution is 2.28. The molecule has 5 heteroatoms. The minimum Gasteiger partial charge on any atom is -0.493 e.